The summed E-state index contributed by atoms with van der Waals surface area (Å²) in [4.78, 5) is 17.7. The third-order valence-corrected chi connectivity index (χ3v) is 5.18. The highest BCUT2D eigenvalue weighted by Gasteiger charge is 2.12. The molecule has 3 aromatic heterocycles. The smallest absolute Gasteiger partial charge is 0.254 e. The Kier molecular flexibility index (Phi) is 5.32. The van der Waals surface area contributed by atoms with Crippen LogP contribution in [0.4, 0.5) is 0 Å². The van der Waals surface area contributed by atoms with Crippen molar-refractivity contribution in [1.82, 2.24) is 20.1 Å². The van der Waals surface area contributed by atoms with E-state index in [0.29, 0.717) is 18.7 Å². The number of hydrogen-bond donors (Lipinski definition) is 1. The number of nitrogens with one attached hydrogen (secondary N) is 1. The fourth-order valence-electron chi connectivity index (χ4n) is 2.38. The van der Waals surface area contributed by atoms with E-state index in [1.54, 1.807) is 29.7 Å². The molecular weight excluding hydrogens is 340 g/mol. The lowest BCUT2D eigenvalue weighted by Gasteiger charge is -2.08. The standard InChI is InChI=1S/C17H18N4OS2/c1-12-11-14(15-6-4-10-24-15)20-21(12)9-8-18-16(22)13-5-3-7-19-17(13)23-2/h3-7,10-11H,8-9H2,1-2H3,(H,18,22). The topological polar surface area (TPSA) is 59.8 Å². The highest BCUT2D eigenvalue weighted by atomic mass is 32.2. The average molecular weight is 358 g/mol. The Labute approximate surface area is 149 Å². The normalized spacial score (nSPS) is 10.8. The Morgan fingerprint density at radius 1 is 1.38 bits per heavy atom. The summed E-state index contributed by atoms with van der Waals surface area (Å²) < 4.78 is 1.92. The second kappa shape index (κ2) is 7.63. The minimum Gasteiger partial charge on any atom is -0.350 e. The van der Waals surface area contributed by atoms with Gasteiger partial charge in [-0.3, -0.25) is 9.48 Å². The SMILES string of the molecule is CSc1ncccc1C(=O)NCCn1nc(-c2cccs2)cc1C. The minimum atomic E-state index is -0.101. The van der Waals surface area contributed by atoms with E-state index in [1.807, 2.05) is 29.3 Å². The van der Waals surface area contributed by atoms with Crippen LogP contribution in [-0.4, -0.2) is 33.5 Å². The molecule has 0 aliphatic carbocycles. The molecular formula is C17H18N4OS2. The maximum Gasteiger partial charge on any atom is 0.254 e. The van der Waals surface area contributed by atoms with Gasteiger partial charge in [-0.1, -0.05) is 6.07 Å². The molecule has 0 unspecified atom stereocenters. The highest BCUT2D eigenvalue weighted by molar-refractivity contribution is 7.98. The van der Waals surface area contributed by atoms with Crippen LogP contribution in [0, 0.1) is 6.92 Å². The van der Waals surface area contributed by atoms with Crippen molar-refractivity contribution in [3.8, 4) is 10.6 Å². The molecule has 0 radical (unpaired) electrons. The van der Waals surface area contributed by atoms with Gasteiger partial charge in [0.1, 0.15) is 10.7 Å². The lowest BCUT2D eigenvalue weighted by molar-refractivity contribution is 0.0948. The molecule has 0 saturated carbocycles. The summed E-state index contributed by atoms with van der Waals surface area (Å²) >= 11 is 3.14. The van der Waals surface area contributed by atoms with Crippen molar-refractivity contribution in [3.05, 3.63) is 53.2 Å². The van der Waals surface area contributed by atoms with E-state index in [0.717, 1.165) is 21.3 Å². The maximum atomic E-state index is 12.3. The molecule has 0 aromatic carbocycles. The molecule has 5 nitrogen and oxygen atoms in total. The van der Waals surface area contributed by atoms with Gasteiger partial charge in [0, 0.05) is 18.4 Å². The first-order valence-electron chi connectivity index (χ1n) is 7.54. The van der Waals surface area contributed by atoms with Gasteiger partial charge in [0.2, 0.25) is 0 Å². The Morgan fingerprint density at radius 2 is 2.25 bits per heavy atom. The first kappa shape index (κ1) is 16.7. The first-order valence-corrected chi connectivity index (χ1v) is 9.65. The molecule has 1 amide bonds. The zero-order valence-electron chi connectivity index (χ0n) is 13.5. The van der Waals surface area contributed by atoms with Gasteiger partial charge in [-0.25, -0.2) is 4.98 Å². The molecule has 7 heteroatoms. The molecule has 3 heterocycles. The Hall–Kier alpha value is -2.12. The van der Waals surface area contributed by atoms with Crippen molar-refractivity contribution in [3.63, 3.8) is 0 Å². The van der Waals surface area contributed by atoms with Gasteiger partial charge in [-0.15, -0.1) is 23.1 Å². The fourth-order valence-corrected chi connectivity index (χ4v) is 3.61. The number of aromatic nitrogens is 3. The van der Waals surface area contributed by atoms with Crippen molar-refractivity contribution in [1.29, 1.82) is 0 Å². The molecule has 124 valence electrons. The number of hydrogen-bond acceptors (Lipinski definition) is 5. The van der Waals surface area contributed by atoms with Crippen LogP contribution in [0.25, 0.3) is 10.6 Å². The number of carbonyl (C=O) groups excluding carboxylic acids is 1. The van der Waals surface area contributed by atoms with E-state index < -0.39 is 0 Å². The second-order valence-corrected chi connectivity index (χ2v) is 6.93. The van der Waals surface area contributed by atoms with E-state index in [4.69, 9.17) is 0 Å². The lowest BCUT2D eigenvalue weighted by Crippen LogP contribution is -2.28. The third-order valence-electron chi connectivity index (χ3n) is 3.57. The van der Waals surface area contributed by atoms with Crippen LogP contribution < -0.4 is 5.32 Å². The molecule has 0 spiro atoms. The molecule has 0 fully saturated rings. The largest absolute Gasteiger partial charge is 0.350 e. The molecule has 0 atom stereocenters. The average Bonchev–Trinajstić information content (AvgIpc) is 3.25. The van der Waals surface area contributed by atoms with Crippen molar-refractivity contribution in [2.75, 3.05) is 12.8 Å². The van der Waals surface area contributed by atoms with Crippen molar-refractivity contribution >= 4 is 29.0 Å². The van der Waals surface area contributed by atoms with Gasteiger partial charge < -0.3 is 5.32 Å². The van der Waals surface area contributed by atoms with Crippen molar-refractivity contribution in [2.24, 2.45) is 0 Å². The molecule has 0 aliphatic rings. The van der Waals surface area contributed by atoms with E-state index in [1.165, 1.54) is 11.8 Å². The van der Waals surface area contributed by atoms with E-state index in [9.17, 15) is 4.79 Å². The number of amides is 1. The summed E-state index contributed by atoms with van der Waals surface area (Å²) in [6.45, 7) is 3.19. The first-order chi connectivity index (χ1) is 11.7. The molecule has 3 aromatic rings. The van der Waals surface area contributed by atoms with Gasteiger partial charge >= 0.3 is 0 Å². The van der Waals surface area contributed by atoms with Crippen LogP contribution in [-0.2, 0) is 6.54 Å². The van der Waals surface area contributed by atoms with Gasteiger partial charge in [0.25, 0.3) is 5.91 Å². The Bertz CT molecular complexity index is 827. The summed E-state index contributed by atoms with van der Waals surface area (Å²) in [6.07, 6.45) is 3.61. The molecule has 0 saturated heterocycles. The van der Waals surface area contributed by atoms with Gasteiger partial charge in [-0.05, 0) is 42.8 Å². The van der Waals surface area contributed by atoms with Crippen LogP contribution in [0.1, 0.15) is 16.1 Å². The summed E-state index contributed by atoms with van der Waals surface area (Å²) in [5.74, 6) is -0.101. The van der Waals surface area contributed by atoms with E-state index >= 15 is 0 Å². The lowest BCUT2D eigenvalue weighted by atomic mass is 10.2. The molecule has 1 N–H and O–H groups in total. The number of carbonyl (C=O) groups is 1. The molecule has 24 heavy (non-hydrogen) atoms. The summed E-state index contributed by atoms with van der Waals surface area (Å²) in [5, 5.41) is 10.3. The van der Waals surface area contributed by atoms with Crippen LogP contribution >= 0.6 is 23.1 Å². The zero-order valence-corrected chi connectivity index (χ0v) is 15.2. The van der Waals surface area contributed by atoms with Gasteiger partial charge in [0.05, 0.1) is 17.0 Å². The third kappa shape index (κ3) is 3.68. The predicted octanol–water partition coefficient (Wildman–Crippen LogP) is 3.47. The van der Waals surface area contributed by atoms with E-state index in [-0.39, 0.29) is 5.91 Å². The fraction of sp³-hybridized carbons (Fsp3) is 0.235. The molecule has 0 aliphatic heterocycles. The quantitative estimate of drug-likeness (QED) is 0.686. The van der Waals surface area contributed by atoms with Crippen LogP contribution in [0.15, 0.2) is 46.9 Å². The minimum absolute atomic E-state index is 0.101. The van der Waals surface area contributed by atoms with Crippen LogP contribution in [0.2, 0.25) is 0 Å². The zero-order chi connectivity index (χ0) is 16.9. The van der Waals surface area contributed by atoms with Crippen molar-refractivity contribution in [2.45, 2.75) is 18.5 Å². The summed E-state index contributed by atoms with van der Waals surface area (Å²) in [7, 11) is 0. The van der Waals surface area contributed by atoms with Crippen LogP contribution in [0.5, 0.6) is 0 Å². The number of thioether (sulfide) groups is 1. The van der Waals surface area contributed by atoms with E-state index in [2.05, 4.69) is 27.5 Å². The number of aryl methyl sites for hydroxylation is 1. The highest BCUT2D eigenvalue weighted by Crippen LogP contribution is 2.23. The predicted molar refractivity (Wildman–Crippen MR) is 98.6 cm³/mol. The number of rotatable bonds is 6. The summed E-state index contributed by atoms with van der Waals surface area (Å²) in [6, 6.07) is 9.72. The Morgan fingerprint density at radius 3 is 3.00 bits per heavy atom. The number of pyridine rings is 1. The summed E-state index contributed by atoms with van der Waals surface area (Å²) in [5.41, 5.74) is 2.67. The van der Waals surface area contributed by atoms with Crippen molar-refractivity contribution < 1.29 is 4.79 Å². The maximum absolute atomic E-state index is 12.3. The second-order valence-electron chi connectivity index (χ2n) is 5.19. The molecule has 3 rings (SSSR count). The van der Waals surface area contributed by atoms with Gasteiger partial charge in [0.15, 0.2) is 0 Å². The Balaban J connectivity index is 1.61. The van der Waals surface area contributed by atoms with Crippen LogP contribution in [0.3, 0.4) is 0 Å². The van der Waals surface area contributed by atoms with Gasteiger partial charge in [-0.2, -0.15) is 5.10 Å². The number of thiophene rings is 1. The monoisotopic (exact) mass is 358 g/mol. The molecule has 0 bridgehead atoms. The number of nitrogens with zero attached hydrogens (tertiary/aromatic N) is 3.